The molecule has 2 N–H and O–H groups in total. The molecule has 14 heavy (non-hydrogen) atoms. The summed E-state index contributed by atoms with van der Waals surface area (Å²) >= 11 is 0. The Morgan fingerprint density at radius 1 is 1.43 bits per heavy atom. The van der Waals surface area contributed by atoms with E-state index in [9.17, 15) is 0 Å². The zero-order chi connectivity index (χ0) is 10.6. The summed E-state index contributed by atoms with van der Waals surface area (Å²) in [5, 5.41) is 0. The molecule has 0 unspecified atom stereocenters. The normalized spacial score (nSPS) is 10.6. The predicted molar refractivity (Wildman–Crippen MR) is 59.4 cm³/mol. The van der Waals surface area contributed by atoms with Gasteiger partial charge in [-0.25, -0.2) is 0 Å². The molecule has 3 heteroatoms. The van der Waals surface area contributed by atoms with Gasteiger partial charge in [-0.3, -0.25) is 0 Å². The Hall–Kier alpha value is -1.22. The van der Waals surface area contributed by atoms with Crippen molar-refractivity contribution in [2.75, 3.05) is 26.4 Å². The highest BCUT2D eigenvalue weighted by molar-refractivity contribution is 5.54. The molecule has 0 amide bonds. The van der Waals surface area contributed by atoms with Crippen molar-refractivity contribution in [2.24, 2.45) is 0 Å². The Labute approximate surface area is 85.5 Å². The van der Waals surface area contributed by atoms with Crippen molar-refractivity contribution in [1.82, 2.24) is 4.90 Å². The molecule has 0 spiro atoms. The van der Waals surface area contributed by atoms with Gasteiger partial charge in [0.05, 0.1) is 12.8 Å². The molecule has 0 aliphatic heterocycles. The van der Waals surface area contributed by atoms with Gasteiger partial charge in [-0.05, 0) is 31.3 Å². The molecular weight excluding hydrogens is 176 g/mol. The van der Waals surface area contributed by atoms with Gasteiger partial charge in [-0.15, -0.1) is 0 Å². The fourth-order valence-electron chi connectivity index (χ4n) is 1.31. The van der Waals surface area contributed by atoms with E-state index in [1.807, 2.05) is 18.2 Å². The molecule has 1 aromatic carbocycles. The Morgan fingerprint density at radius 3 is 2.64 bits per heavy atom. The highest BCUT2D eigenvalue weighted by Gasteiger charge is 2.02. The quantitative estimate of drug-likeness (QED) is 0.742. The summed E-state index contributed by atoms with van der Waals surface area (Å²) in [5.41, 5.74) is 7.72. The van der Waals surface area contributed by atoms with Gasteiger partial charge >= 0.3 is 0 Å². The monoisotopic (exact) mass is 194 g/mol. The van der Waals surface area contributed by atoms with E-state index in [1.165, 1.54) is 5.56 Å². The summed E-state index contributed by atoms with van der Waals surface area (Å²) < 4.78 is 5.09. The lowest BCUT2D eigenvalue weighted by Crippen LogP contribution is -2.16. The van der Waals surface area contributed by atoms with Gasteiger partial charge in [0.1, 0.15) is 5.75 Å². The number of anilines is 1. The number of nitrogens with zero attached hydrogens (tertiary/aromatic N) is 1. The van der Waals surface area contributed by atoms with Gasteiger partial charge in [0.25, 0.3) is 0 Å². The lowest BCUT2D eigenvalue weighted by Gasteiger charge is -2.14. The van der Waals surface area contributed by atoms with Gasteiger partial charge < -0.3 is 15.4 Å². The average molecular weight is 194 g/mol. The van der Waals surface area contributed by atoms with E-state index >= 15 is 0 Å². The zero-order valence-corrected chi connectivity index (χ0v) is 9.08. The number of rotatable bonds is 4. The van der Waals surface area contributed by atoms with Crippen molar-refractivity contribution in [3.05, 3.63) is 23.8 Å². The van der Waals surface area contributed by atoms with Gasteiger partial charge in [0.2, 0.25) is 0 Å². The maximum atomic E-state index is 5.81. The fourth-order valence-corrected chi connectivity index (χ4v) is 1.31. The van der Waals surface area contributed by atoms with E-state index in [0.717, 1.165) is 18.8 Å². The van der Waals surface area contributed by atoms with E-state index in [0.29, 0.717) is 5.69 Å². The molecule has 1 aromatic rings. The molecule has 0 fully saturated rings. The van der Waals surface area contributed by atoms with E-state index in [4.69, 9.17) is 10.5 Å². The molecule has 0 aliphatic rings. The van der Waals surface area contributed by atoms with E-state index in [-0.39, 0.29) is 0 Å². The van der Waals surface area contributed by atoms with Crippen molar-refractivity contribution in [3.8, 4) is 5.75 Å². The minimum atomic E-state index is 0.703. The standard InChI is InChI=1S/C11H18N2O/c1-4-13(2)8-9-5-6-11(14-3)10(12)7-9/h5-7H,4,8,12H2,1-3H3. The summed E-state index contributed by atoms with van der Waals surface area (Å²) in [7, 11) is 3.71. The van der Waals surface area contributed by atoms with Gasteiger partial charge in [0.15, 0.2) is 0 Å². The molecule has 3 nitrogen and oxygen atoms in total. The summed E-state index contributed by atoms with van der Waals surface area (Å²) in [6, 6.07) is 5.92. The number of hydrogen-bond acceptors (Lipinski definition) is 3. The summed E-state index contributed by atoms with van der Waals surface area (Å²) in [4.78, 5) is 2.22. The third kappa shape index (κ3) is 2.64. The Balaban J connectivity index is 2.76. The highest BCUT2D eigenvalue weighted by atomic mass is 16.5. The fraction of sp³-hybridized carbons (Fsp3) is 0.455. The number of methoxy groups -OCH3 is 1. The third-order valence-corrected chi connectivity index (χ3v) is 2.29. The minimum Gasteiger partial charge on any atom is -0.495 e. The third-order valence-electron chi connectivity index (χ3n) is 2.29. The number of ether oxygens (including phenoxy) is 1. The first kappa shape index (κ1) is 10.9. The van der Waals surface area contributed by atoms with Crippen LogP contribution in [0.25, 0.3) is 0 Å². The molecule has 1 rings (SSSR count). The van der Waals surface area contributed by atoms with Crippen LogP contribution in [0, 0.1) is 0 Å². The minimum absolute atomic E-state index is 0.703. The van der Waals surface area contributed by atoms with Crippen LogP contribution in [0.15, 0.2) is 18.2 Å². The van der Waals surface area contributed by atoms with Crippen molar-refractivity contribution >= 4 is 5.69 Å². The molecular formula is C11H18N2O. The van der Waals surface area contributed by atoms with Crippen molar-refractivity contribution < 1.29 is 4.74 Å². The SMILES string of the molecule is CCN(C)Cc1ccc(OC)c(N)c1. The summed E-state index contributed by atoms with van der Waals surface area (Å²) in [6.07, 6.45) is 0. The highest BCUT2D eigenvalue weighted by Crippen LogP contribution is 2.22. The number of nitrogens with two attached hydrogens (primary N) is 1. The zero-order valence-electron chi connectivity index (χ0n) is 9.08. The molecule has 0 bridgehead atoms. The number of benzene rings is 1. The van der Waals surface area contributed by atoms with Gasteiger partial charge in [-0.2, -0.15) is 0 Å². The average Bonchev–Trinajstić information content (AvgIpc) is 2.18. The van der Waals surface area contributed by atoms with Crippen LogP contribution < -0.4 is 10.5 Å². The van der Waals surface area contributed by atoms with E-state index < -0.39 is 0 Å². The van der Waals surface area contributed by atoms with Crippen LogP contribution in [-0.4, -0.2) is 25.6 Å². The second kappa shape index (κ2) is 4.86. The molecule has 0 saturated heterocycles. The molecule has 0 heterocycles. The first-order valence-corrected chi connectivity index (χ1v) is 4.78. The lowest BCUT2D eigenvalue weighted by atomic mass is 10.2. The number of nitrogen functional groups attached to an aromatic ring is 1. The summed E-state index contributed by atoms with van der Waals surface area (Å²) in [6.45, 7) is 4.09. The van der Waals surface area contributed by atoms with Gasteiger partial charge in [-0.1, -0.05) is 13.0 Å². The van der Waals surface area contributed by atoms with Crippen molar-refractivity contribution in [1.29, 1.82) is 0 Å². The van der Waals surface area contributed by atoms with Crippen LogP contribution in [0.3, 0.4) is 0 Å². The van der Waals surface area contributed by atoms with Crippen LogP contribution in [0.1, 0.15) is 12.5 Å². The van der Waals surface area contributed by atoms with Crippen LogP contribution in [0.2, 0.25) is 0 Å². The second-order valence-corrected chi connectivity index (χ2v) is 3.41. The molecule has 0 aromatic heterocycles. The molecule has 78 valence electrons. The van der Waals surface area contributed by atoms with Crippen LogP contribution in [0.5, 0.6) is 5.75 Å². The topological polar surface area (TPSA) is 38.5 Å². The van der Waals surface area contributed by atoms with E-state index in [1.54, 1.807) is 7.11 Å². The summed E-state index contributed by atoms with van der Waals surface area (Å²) in [5.74, 6) is 0.743. The molecule has 0 saturated carbocycles. The molecule has 0 aliphatic carbocycles. The smallest absolute Gasteiger partial charge is 0.141 e. The van der Waals surface area contributed by atoms with Gasteiger partial charge in [0, 0.05) is 6.54 Å². The molecule has 0 atom stereocenters. The largest absolute Gasteiger partial charge is 0.495 e. The van der Waals surface area contributed by atoms with Crippen molar-refractivity contribution in [3.63, 3.8) is 0 Å². The number of hydrogen-bond donors (Lipinski definition) is 1. The lowest BCUT2D eigenvalue weighted by molar-refractivity contribution is 0.345. The maximum Gasteiger partial charge on any atom is 0.141 e. The van der Waals surface area contributed by atoms with Crippen LogP contribution in [-0.2, 0) is 6.54 Å². The second-order valence-electron chi connectivity index (χ2n) is 3.41. The van der Waals surface area contributed by atoms with E-state index in [2.05, 4.69) is 18.9 Å². The van der Waals surface area contributed by atoms with Crippen LogP contribution >= 0.6 is 0 Å². The molecule has 0 radical (unpaired) electrons. The maximum absolute atomic E-state index is 5.81. The predicted octanol–water partition coefficient (Wildman–Crippen LogP) is 1.73. The Morgan fingerprint density at radius 2 is 2.14 bits per heavy atom. The Kier molecular flexibility index (Phi) is 3.77. The van der Waals surface area contributed by atoms with Crippen LogP contribution in [0.4, 0.5) is 5.69 Å². The Bertz CT molecular complexity index is 299. The first-order valence-electron chi connectivity index (χ1n) is 4.78. The first-order chi connectivity index (χ1) is 6.67. The van der Waals surface area contributed by atoms with Crippen molar-refractivity contribution in [2.45, 2.75) is 13.5 Å².